The first-order chi connectivity index (χ1) is 13.4. The van der Waals surface area contributed by atoms with E-state index >= 15 is 0 Å². The van der Waals surface area contributed by atoms with Crippen LogP contribution in [0.25, 0.3) is 0 Å². The first kappa shape index (κ1) is 20.3. The van der Waals surface area contributed by atoms with Crippen molar-refractivity contribution in [3.05, 3.63) is 27.7 Å². The molecule has 1 unspecified atom stereocenters. The molecule has 1 amide bonds. The van der Waals surface area contributed by atoms with E-state index in [0.29, 0.717) is 0 Å². The number of benzene rings is 1. The Bertz CT molecular complexity index is 974. The second kappa shape index (κ2) is 6.02. The van der Waals surface area contributed by atoms with Crippen molar-refractivity contribution < 1.29 is 33.0 Å². The molecule has 4 atom stereocenters. The van der Waals surface area contributed by atoms with Crippen LogP contribution in [-0.2, 0) is 24.7 Å². The topological polar surface area (TPSA) is 95.9 Å². The van der Waals surface area contributed by atoms with Crippen LogP contribution in [0.5, 0.6) is 0 Å². The van der Waals surface area contributed by atoms with Crippen LogP contribution in [0.1, 0.15) is 18.9 Å². The molecule has 0 aromatic heterocycles. The van der Waals surface area contributed by atoms with Gasteiger partial charge in [-0.05, 0) is 19.1 Å². The maximum absolute atomic E-state index is 14.4. The van der Waals surface area contributed by atoms with E-state index in [9.17, 15) is 28.3 Å². The van der Waals surface area contributed by atoms with Crippen molar-refractivity contribution in [2.24, 2.45) is 11.3 Å². The van der Waals surface area contributed by atoms with Crippen LogP contribution in [0.3, 0.4) is 0 Å². The summed E-state index contributed by atoms with van der Waals surface area (Å²) in [5.41, 5.74) is -3.90. The second-order valence-electron chi connectivity index (χ2n) is 7.74. The van der Waals surface area contributed by atoms with E-state index in [2.05, 4.69) is 5.32 Å². The number of amides is 1. The molecule has 1 aromatic carbocycles. The summed E-state index contributed by atoms with van der Waals surface area (Å²) in [5, 5.41) is 12.6. The number of halogens is 4. The van der Waals surface area contributed by atoms with E-state index in [1.54, 1.807) is 0 Å². The first-order valence-electron chi connectivity index (χ1n) is 8.68. The zero-order chi connectivity index (χ0) is 21.5. The van der Waals surface area contributed by atoms with Crippen LogP contribution >= 0.6 is 23.2 Å². The fraction of sp³-hybridized carbons (Fsp3) is 0.500. The van der Waals surface area contributed by atoms with Crippen molar-refractivity contribution in [2.45, 2.75) is 30.8 Å². The van der Waals surface area contributed by atoms with Crippen LogP contribution in [-0.4, -0.2) is 53.5 Å². The SMILES string of the molecule is COC(=O)[C@@]1(C)[C@@H](C(=O)O)[C@H]2CC(F)(F)CN2C12C(=O)Nc1c(Cl)cc(Cl)cc12. The normalized spacial score (nSPS) is 34.8. The van der Waals surface area contributed by atoms with E-state index in [0.717, 1.165) is 12.0 Å². The molecule has 0 radical (unpaired) electrons. The number of hydrogen-bond acceptors (Lipinski definition) is 5. The van der Waals surface area contributed by atoms with Gasteiger partial charge in [-0.1, -0.05) is 23.2 Å². The van der Waals surface area contributed by atoms with Gasteiger partial charge in [0.15, 0.2) is 0 Å². The number of carbonyl (C=O) groups is 3. The summed E-state index contributed by atoms with van der Waals surface area (Å²) in [7, 11) is 1.05. The van der Waals surface area contributed by atoms with Crippen LogP contribution in [0.2, 0.25) is 10.0 Å². The number of nitrogens with zero attached hydrogens (tertiary/aromatic N) is 1. The molecule has 2 saturated heterocycles. The molecule has 2 fully saturated rings. The van der Waals surface area contributed by atoms with Crippen LogP contribution in [0, 0.1) is 11.3 Å². The van der Waals surface area contributed by atoms with Crippen LogP contribution < -0.4 is 5.32 Å². The van der Waals surface area contributed by atoms with Crippen molar-refractivity contribution in [2.75, 3.05) is 19.0 Å². The van der Waals surface area contributed by atoms with Crippen molar-refractivity contribution in [1.82, 2.24) is 4.90 Å². The summed E-state index contributed by atoms with van der Waals surface area (Å²) in [6.45, 7) is 0.364. The third-order valence-corrected chi connectivity index (χ3v) is 6.90. The molecule has 11 heteroatoms. The highest BCUT2D eigenvalue weighted by Gasteiger charge is 2.80. The third-order valence-electron chi connectivity index (χ3n) is 6.39. The average molecular weight is 449 g/mol. The molecule has 0 saturated carbocycles. The predicted octanol–water partition coefficient (Wildman–Crippen LogP) is 2.74. The van der Waals surface area contributed by atoms with Crippen molar-refractivity contribution in [3.63, 3.8) is 0 Å². The van der Waals surface area contributed by atoms with Gasteiger partial charge in [-0.25, -0.2) is 8.78 Å². The van der Waals surface area contributed by atoms with Crippen molar-refractivity contribution in [3.8, 4) is 0 Å². The fourth-order valence-corrected chi connectivity index (χ4v) is 5.97. The zero-order valence-electron chi connectivity index (χ0n) is 15.3. The lowest BCUT2D eigenvalue weighted by Gasteiger charge is -2.42. The van der Waals surface area contributed by atoms with Crippen LogP contribution in [0.4, 0.5) is 14.5 Å². The number of carboxylic acids is 1. The van der Waals surface area contributed by atoms with Gasteiger partial charge in [-0.3, -0.25) is 19.3 Å². The minimum absolute atomic E-state index is 0.0474. The van der Waals surface area contributed by atoms with Gasteiger partial charge >= 0.3 is 11.9 Å². The maximum Gasteiger partial charge on any atom is 0.315 e. The number of esters is 1. The second-order valence-corrected chi connectivity index (χ2v) is 8.58. The summed E-state index contributed by atoms with van der Waals surface area (Å²) in [6.07, 6.45) is -0.810. The van der Waals surface area contributed by atoms with Gasteiger partial charge in [0.05, 0.1) is 30.3 Å². The minimum Gasteiger partial charge on any atom is -0.481 e. The number of aliphatic carboxylic acids is 1. The first-order valence-corrected chi connectivity index (χ1v) is 9.44. The molecule has 7 nitrogen and oxygen atoms in total. The number of fused-ring (bicyclic) bond motifs is 4. The molecule has 1 spiro atoms. The molecule has 2 N–H and O–H groups in total. The Balaban J connectivity index is 2.11. The Morgan fingerprint density at radius 3 is 2.59 bits per heavy atom. The quantitative estimate of drug-likeness (QED) is 0.675. The molecule has 0 aliphatic carbocycles. The Hall–Kier alpha value is -1.97. The Morgan fingerprint density at radius 1 is 1.34 bits per heavy atom. The average Bonchev–Trinajstić information content (AvgIpc) is 3.14. The highest BCUT2D eigenvalue weighted by Crippen LogP contribution is 2.66. The number of methoxy groups -OCH3 is 1. The summed E-state index contributed by atoms with van der Waals surface area (Å²) >= 11 is 12.3. The summed E-state index contributed by atoms with van der Waals surface area (Å²) < 4.78 is 33.7. The molecule has 4 rings (SSSR count). The molecular weight excluding hydrogens is 433 g/mol. The Kier molecular flexibility index (Phi) is 4.22. The molecule has 3 aliphatic heterocycles. The minimum atomic E-state index is -3.24. The molecule has 29 heavy (non-hydrogen) atoms. The lowest BCUT2D eigenvalue weighted by atomic mass is 9.62. The van der Waals surface area contributed by atoms with Gasteiger partial charge in [0.2, 0.25) is 0 Å². The van der Waals surface area contributed by atoms with Gasteiger partial charge in [0.1, 0.15) is 11.0 Å². The zero-order valence-corrected chi connectivity index (χ0v) is 16.8. The number of carboxylic acid groups (broad SMARTS) is 1. The van der Waals surface area contributed by atoms with Gasteiger partial charge < -0.3 is 15.2 Å². The van der Waals surface area contributed by atoms with Crippen LogP contribution in [0.15, 0.2) is 12.1 Å². The standard InChI is InChI=1S/C18H16Cl2F2N2O5/c1-16(15(28)29-2)11(13(25)26)10-5-17(21,22)6-24(10)18(16)8-3-7(19)4-9(20)12(8)23-14(18)27/h3-4,10-11H,5-6H2,1-2H3,(H,23,27)(H,25,26)/t10-,11-,16-,18?/m1/s1. The molecular formula is C18H16Cl2F2N2O5. The van der Waals surface area contributed by atoms with E-state index in [1.807, 2.05) is 0 Å². The van der Waals surface area contributed by atoms with E-state index in [1.165, 1.54) is 19.1 Å². The van der Waals surface area contributed by atoms with Gasteiger partial charge in [-0.15, -0.1) is 0 Å². The lowest BCUT2D eigenvalue weighted by molar-refractivity contribution is -0.171. The summed E-state index contributed by atoms with van der Waals surface area (Å²) in [4.78, 5) is 39.7. The third kappa shape index (κ3) is 2.29. The molecule has 3 heterocycles. The number of hydrogen-bond donors (Lipinski definition) is 2. The molecule has 1 aromatic rings. The number of alkyl halides is 2. The molecule has 3 aliphatic rings. The summed E-state index contributed by atoms with van der Waals surface area (Å²) in [5.74, 6) is -8.17. The Labute approximate surface area is 173 Å². The number of carbonyl (C=O) groups excluding carboxylic acids is 2. The smallest absolute Gasteiger partial charge is 0.315 e. The monoisotopic (exact) mass is 448 g/mol. The number of anilines is 1. The Morgan fingerprint density at radius 2 is 2.00 bits per heavy atom. The van der Waals surface area contributed by atoms with E-state index in [4.69, 9.17) is 27.9 Å². The van der Waals surface area contributed by atoms with E-state index < -0.39 is 59.6 Å². The van der Waals surface area contributed by atoms with Crippen molar-refractivity contribution in [1.29, 1.82) is 0 Å². The largest absolute Gasteiger partial charge is 0.481 e. The predicted molar refractivity (Wildman–Crippen MR) is 98.1 cm³/mol. The molecule has 0 bridgehead atoms. The highest BCUT2D eigenvalue weighted by molar-refractivity contribution is 6.38. The number of ether oxygens (including phenoxy) is 1. The highest BCUT2D eigenvalue weighted by atomic mass is 35.5. The molecule has 156 valence electrons. The summed E-state index contributed by atoms with van der Waals surface area (Å²) in [6, 6.07) is 1.43. The fourth-order valence-electron chi connectivity index (χ4n) is 5.43. The number of rotatable bonds is 2. The number of nitrogens with one attached hydrogen (secondary N) is 1. The van der Waals surface area contributed by atoms with Gasteiger partial charge in [-0.2, -0.15) is 0 Å². The van der Waals surface area contributed by atoms with Gasteiger partial charge in [0.25, 0.3) is 11.8 Å². The van der Waals surface area contributed by atoms with Gasteiger partial charge in [0, 0.05) is 23.0 Å². The van der Waals surface area contributed by atoms with E-state index in [-0.39, 0.29) is 21.3 Å². The lowest BCUT2D eigenvalue weighted by Crippen LogP contribution is -2.60. The van der Waals surface area contributed by atoms with Crippen molar-refractivity contribution >= 4 is 46.7 Å². The maximum atomic E-state index is 14.4.